The van der Waals surface area contributed by atoms with Crippen LogP contribution < -0.4 is 0 Å². The van der Waals surface area contributed by atoms with Gasteiger partial charge in [0.25, 0.3) is 0 Å². The zero-order valence-electron chi connectivity index (χ0n) is 16.7. The summed E-state index contributed by atoms with van der Waals surface area (Å²) in [5, 5.41) is 12.4. The molecule has 6 rings (SSSR count). The Kier molecular flexibility index (Phi) is 4.24. The largest absolute Gasteiger partial charge is 0.461 e. The normalized spacial score (nSPS) is 20.4. The summed E-state index contributed by atoms with van der Waals surface area (Å²) in [5.74, 6) is 2.66. The summed E-state index contributed by atoms with van der Waals surface area (Å²) in [7, 11) is 0. The van der Waals surface area contributed by atoms with Crippen LogP contribution in [0.4, 0.5) is 4.39 Å². The summed E-state index contributed by atoms with van der Waals surface area (Å²) < 4.78 is 30.1. The van der Waals surface area contributed by atoms with Crippen molar-refractivity contribution in [3.05, 3.63) is 60.3 Å². The Bertz CT molecular complexity index is 1190. The van der Waals surface area contributed by atoms with Crippen LogP contribution in [0.25, 0.3) is 23.0 Å². The number of rotatable bonds is 5. The second-order valence-electron chi connectivity index (χ2n) is 8.34. The highest BCUT2D eigenvalue weighted by Crippen LogP contribution is 2.64. The summed E-state index contributed by atoms with van der Waals surface area (Å²) in [4.78, 5) is 6.75. The van der Waals surface area contributed by atoms with Crippen LogP contribution in [0.5, 0.6) is 0 Å². The van der Waals surface area contributed by atoms with E-state index in [9.17, 15) is 4.39 Å². The molecule has 0 unspecified atom stereocenters. The lowest BCUT2D eigenvalue weighted by Crippen LogP contribution is -2.34. The first kappa shape index (κ1) is 18.4. The van der Waals surface area contributed by atoms with E-state index in [1.165, 1.54) is 12.1 Å². The van der Waals surface area contributed by atoms with Gasteiger partial charge in [0.2, 0.25) is 23.5 Å². The number of benzene rings is 1. The molecule has 31 heavy (non-hydrogen) atoms. The summed E-state index contributed by atoms with van der Waals surface area (Å²) >= 11 is 0. The van der Waals surface area contributed by atoms with Crippen LogP contribution in [-0.4, -0.2) is 38.3 Å². The molecule has 0 radical (unpaired) electrons. The number of nitrogens with zero attached hydrogens (tertiary/aromatic N) is 5. The van der Waals surface area contributed by atoms with Gasteiger partial charge in [0.15, 0.2) is 5.76 Å². The second-order valence-corrected chi connectivity index (χ2v) is 8.34. The standard InChI is InChI=1S/C22H20FN5O3/c23-15-4-1-3-14(11-15)20-25-26-21(30-20)16-12-22(16)6-8-28(9-7-22)13-18-24-19(27-31-18)17-5-2-10-29-17/h1-5,10-11,16H,6-9,12-13H2/t16-/m0/s1. The number of halogens is 1. The van der Waals surface area contributed by atoms with E-state index in [1.54, 1.807) is 24.5 Å². The Morgan fingerprint density at radius 2 is 2.03 bits per heavy atom. The molecule has 1 spiro atoms. The van der Waals surface area contributed by atoms with Crippen molar-refractivity contribution < 1.29 is 17.7 Å². The van der Waals surface area contributed by atoms with Gasteiger partial charge in [-0.25, -0.2) is 4.39 Å². The van der Waals surface area contributed by atoms with Gasteiger partial charge in [-0.2, -0.15) is 4.98 Å². The van der Waals surface area contributed by atoms with Gasteiger partial charge < -0.3 is 13.4 Å². The molecule has 1 aliphatic heterocycles. The highest BCUT2D eigenvalue weighted by atomic mass is 19.1. The molecule has 4 heterocycles. The average molecular weight is 421 g/mol. The van der Waals surface area contributed by atoms with Crippen LogP contribution >= 0.6 is 0 Å². The van der Waals surface area contributed by atoms with Gasteiger partial charge in [-0.15, -0.1) is 10.2 Å². The summed E-state index contributed by atoms with van der Waals surface area (Å²) in [6, 6.07) is 9.83. The van der Waals surface area contributed by atoms with Crippen molar-refractivity contribution in [2.45, 2.75) is 31.7 Å². The number of hydrogen-bond acceptors (Lipinski definition) is 8. The van der Waals surface area contributed by atoms with Crippen molar-refractivity contribution in [3.63, 3.8) is 0 Å². The van der Waals surface area contributed by atoms with Gasteiger partial charge in [-0.05, 0) is 68.1 Å². The molecule has 4 aromatic rings. The zero-order chi connectivity index (χ0) is 20.8. The highest BCUT2D eigenvalue weighted by molar-refractivity contribution is 5.52. The maximum Gasteiger partial charge on any atom is 0.247 e. The third kappa shape index (κ3) is 3.44. The summed E-state index contributed by atoms with van der Waals surface area (Å²) in [6.45, 7) is 2.51. The Hall–Kier alpha value is -3.33. The predicted octanol–water partition coefficient (Wildman–Crippen LogP) is 4.29. The monoisotopic (exact) mass is 421 g/mol. The number of aromatic nitrogens is 4. The predicted molar refractivity (Wildman–Crippen MR) is 106 cm³/mol. The van der Waals surface area contributed by atoms with Crippen molar-refractivity contribution in [2.24, 2.45) is 5.41 Å². The van der Waals surface area contributed by atoms with Gasteiger partial charge in [-0.1, -0.05) is 11.2 Å². The molecule has 1 atom stereocenters. The van der Waals surface area contributed by atoms with Crippen LogP contribution in [0.2, 0.25) is 0 Å². The third-order valence-electron chi connectivity index (χ3n) is 6.42. The molecule has 2 aliphatic rings. The van der Waals surface area contributed by atoms with E-state index >= 15 is 0 Å². The fourth-order valence-corrected chi connectivity index (χ4v) is 4.54. The van der Waals surface area contributed by atoms with Gasteiger partial charge >= 0.3 is 0 Å². The molecule has 1 aromatic carbocycles. The number of piperidine rings is 1. The minimum absolute atomic E-state index is 0.219. The van der Waals surface area contributed by atoms with Gasteiger partial charge in [-0.3, -0.25) is 4.90 Å². The lowest BCUT2D eigenvalue weighted by molar-refractivity contribution is 0.144. The van der Waals surface area contributed by atoms with Crippen molar-refractivity contribution in [1.29, 1.82) is 0 Å². The van der Waals surface area contributed by atoms with Gasteiger partial charge in [0.05, 0.1) is 12.8 Å². The van der Waals surface area contributed by atoms with E-state index in [1.807, 2.05) is 6.07 Å². The molecule has 0 amide bonds. The molecule has 0 N–H and O–H groups in total. The zero-order valence-corrected chi connectivity index (χ0v) is 16.7. The van der Waals surface area contributed by atoms with Crippen LogP contribution in [0, 0.1) is 11.2 Å². The third-order valence-corrected chi connectivity index (χ3v) is 6.42. The Morgan fingerprint density at radius 3 is 2.84 bits per heavy atom. The van der Waals surface area contributed by atoms with Gasteiger partial charge in [0, 0.05) is 11.5 Å². The fourth-order valence-electron chi connectivity index (χ4n) is 4.54. The van der Waals surface area contributed by atoms with E-state index in [4.69, 9.17) is 13.4 Å². The van der Waals surface area contributed by atoms with Crippen LogP contribution in [0.3, 0.4) is 0 Å². The molecule has 3 aromatic heterocycles. The van der Waals surface area contributed by atoms with Crippen molar-refractivity contribution in [1.82, 2.24) is 25.2 Å². The molecule has 1 saturated heterocycles. The van der Waals surface area contributed by atoms with E-state index in [0.717, 1.165) is 32.4 Å². The van der Waals surface area contributed by atoms with Crippen LogP contribution in [0.15, 0.2) is 56.0 Å². The lowest BCUT2D eigenvalue weighted by Gasteiger charge is -2.31. The lowest BCUT2D eigenvalue weighted by atomic mass is 9.91. The van der Waals surface area contributed by atoms with E-state index < -0.39 is 0 Å². The Labute approximate surface area is 177 Å². The van der Waals surface area contributed by atoms with Crippen molar-refractivity contribution >= 4 is 0 Å². The van der Waals surface area contributed by atoms with Crippen molar-refractivity contribution in [2.75, 3.05) is 13.1 Å². The average Bonchev–Trinajstić information content (AvgIpc) is 3.30. The number of hydrogen-bond donors (Lipinski definition) is 0. The quantitative estimate of drug-likeness (QED) is 0.471. The molecular formula is C22H20FN5O3. The van der Waals surface area contributed by atoms with E-state index in [0.29, 0.717) is 41.4 Å². The minimum atomic E-state index is -0.315. The molecule has 158 valence electrons. The molecular weight excluding hydrogens is 401 g/mol. The fraction of sp³-hybridized carbons (Fsp3) is 0.364. The van der Waals surface area contributed by atoms with Crippen LogP contribution in [-0.2, 0) is 6.54 Å². The molecule has 1 saturated carbocycles. The summed E-state index contributed by atoms with van der Waals surface area (Å²) in [6.07, 6.45) is 4.74. The van der Waals surface area contributed by atoms with E-state index in [2.05, 4.69) is 25.2 Å². The number of likely N-dealkylation sites (tertiary alicyclic amines) is 1. The molecule has 9 heteroatoms. The molecule has 8 nitrogen and oxygen atoms in total. The topological polar surface area (TPSA) is 94.2 Å². The smallest absolute Gasteiger partial charge is 0.247 e. The first-order chi connectivity index (χ1) is 15.2. The first-order valence-corrected chi connectivity index (χ1v) is 10.4. The van der Waals surface area contributed by atoms with E-state index in [-0.39, 0.29) is 17.2 Å². The Morgan fingerprint density at radius 1 is 1.13 bits per heavy atom. The molecule has 0 bridgehead atoms. The SMILES string of the molecule is Fc1cccc(-c2nnc([C@@H]3CC34CCN(Cc3nc(-c5ccco5)no3)CC4)o2)c1. The van der Waals surface area contributed by atoms with Crippen LogP contribution in [0.1, 0.15) is 37.0 Å². The second kappa shape index (κ2) is 7.12. The van der Waals surface area contributed by atoms with Crippen molar-refractivity contribution in [3.8, 4) is 23.0 Å². The highest BCUT2D eigenvalue weighted by Gasteiger charge is 2.58. The maximum absolute atomic E-state index is 13.5. The summed E-state index contributed by atoms with van der Waals surface area (Å²) in [5.41, 5.74) is 0.827. The molecule has 1 aliphatic carbocycles. The maximum atomic E-state index is 13.5. The Balaban J connectivity index is 1.07. The number of furan rings is 1. The van der Waals surface area contributed by atoms with Gasteiger partial charge in [0.1, 0.15) is 5.82 Å². The first-order valence-electron chi connectivity index (χ1n) is 10.4. The minimum Gasteiger partial charge on any atom is -0.461 e. The molecule has 2 fully saturated rings.